The molecule has 12 heavy (non-hydrogen) atoms. The topological polar surface area (TPSA) is 78.2 Å². The van der Waals surface area contributed by atoms with Gasteiger partial charge in [0.2, 0.25) is 0 Å². The van der Waals surface area contributed by atoms with E-state index in [-0.39, 0.29) is 5.92 Å². The summed E-state index contributed by atoms with van der Waals surface area (Å²) in [7, 11) is -3.87. The summed E-state index contributed by atoms with van der Waals surface area (Å²) in [6.07, 6.45) is 2.00. The monoisotopic (exact) mass is 189 g/mol. The van der Waals surface area contributed by atoms with Crippen LogP contribution >= 0.6 is 0 Å². The Bertz CT molecular complexity index is 282. The van der Waals surface area contributed by atoms with Crippen molar-refractivity contribution in [3.63, 3.8) is 0 Å². The van der Waals surface area contributed by atoms with Crippen LogP contribution in [0, 0.1) is 17.2 Å². The van der Waals surface area contributed by atoms with Gasteiger partial charge < -0.3 is 0 Å². The van der Waals surface area contributed by atoms with E-state index in [2.05, 4.69) is 6.07 Å². The Kier molecular flexibility index (Phi) is 2.70. The molecule has 1 aliphatic carbocycles. The van der Waals surface area contributed by atoms with Crippen molar-refractivity contribution in [1.29, 1.82) is 5.26 Å². The molecule has 0 amide bonds. The summed E-state index contributed by atoms with van der Waals surface area (Å²) in [5.74, 6) is -0.0250. The third-order valence-electron chi connectivity index (χ3n) is 2.28. The number of rotatable bonds is 1. The maximum Gasteiger partial charge on any atom is 0.267 e. The van der Waals surface area contributed by atoms with E-state index < -0.39 is 15.4 Å². The molecule has 0 aromatic rings. The van der Waals surface area contributed by atoms with Gasteiger partial charge in [-0.05, 0) is 25.7 Å². The fourth-order valence-electron chi connectivity index (χ4n) is 1.49. The summed E-state index contributed by atoms with van der Waals surface area (Å²) in [6, 6.07) is 2.10. The lowest BCUT2D eigenvalue weighted by Gasteiger charge is -2.21. The normalized spacial score (nSPS) is 31.0. The number of nitriles is 1. The van der Waals surface area contributed by atoms with E-state index in [4.69, 9.17) is 9.81 Å². The number of nitrogens with zero attached hydrogens (tertiary/aromatic N) is 1. The van der Waals surface area contributed by atoms with Gasteiger partial charge in [-0.15, -0.1) is 0 Å². The second-order valence-corrected chi connectivity index (χ2v) is 4.81. The maximum atomic E-state index is 10.7. The van der Waals surface area contributed by atoms with Crippen LogP contribution in [0.3, 0.4) is 0 Å². The highest BCUT2D eigenvalue weighted by atomic mass is 32.2. The molecule has 0 radical (unpaired) electrons. The van der Waals surface area contributed by atoms with Crippen molar-refractivity contribution in [3.8, 4) is 6.07 Å². The Hall–Kier alpha value is -0.600. The van der Waals surface area contributed by atoms with Crippen LogP contribution in [0.4, 0.5) is 0 Å². The molecular formula is C7H11NO3S. The standard InChI is InChI=1S/C7H11NO3S/c8-5-6-1-3-7(4-2-6)12(9,10)11/h6-7H,1-4H2,(H,9,10,11). The van der Waals surface area contributed by atoms with Crippen LogP contribution in [0.15, 0.2) is 0 Å². The second kappa shape index (κ2) is 3.42. The minimum absolute atomic E-state index is 0.0250. The fraction of sp³-hybridized carbons (Fsp3) is 0.857. The van der Waals surface area contributed by atoms with E-state index in [0.29, 0.717) is 25.7 Å². The summed E-state index contributed by atoms with van der Waals surface area (Å²) >= 11 is 0. The summed E-state index contributed by atoms with van der Waals surface area (Å²) < 4.78 is 30.0. The molecule has 1 N–H and O–H groups in total. The van der Waals surface area contributed by atoms with Crippen LogP contribution in [-0.4, -0.2) is 18.2 Å². The predicted octanol–water partition coefficient (Wildman–Crippen LogP) is 0.957. The SMILES string of the molecule is N#CC1CCC(S(=O)(=O)O)CC1. The first-order chi connectivity index (χ1) is 5.54. The van der Waals surface area contributed by atoms with Gasteiger partial charge in [-0.3, -0.25) is 4.55 Å². The molecule has 1 aliphatic rings. The molecule has 0 aliphatic heterocycles. The van der Waals surface area contributed by atoms with Gasteiger partial charge in [0.15, 0.2) is 0 Å². The largest absolute Gasteiger partial charge is 0.285 e. The lowest BCUT2D eigenvalue weighted by molar-refractivity contribution is 0.391. The van der Waals surface area contributed by atoms with Crippen LogP contribution in [0.5, 0.6) is 0 Å². The summed E-state index contributed by atoms with van der Waals surface area (Å²) in [6.45, 7) is 0. The van der Waals surface area contributed by atoms with Crippen LogP contribution in [0.25, 0.3) is 0 Å². The molecule has 0 bridgehead atoms. The quantitative estimate of drug-likeness (QED) is 0.623. The van der Waals surface area contributed by atoms with Crippen LogP contribution in [-0.2, 0) is 10.1 Å². The highest BCUT2D eigenvalue weighted by Crippen LogP contribution is 2.27. The molecule has 4 nitrogen and oxygen atoms in total. The van der Waals surface area contributed by atoms with E-state index in [0.717, 1.165) is 0 Å². The summed E-state index contributed by atoms with van der Waals surface area (Å²) in [5.41, 5.74) is 0. The van der Waals surface area contributed by atoms with Crippen molar-refractivity contribution in [3.05, 3.63) is 0 Å². The Morgan fingerprint density at radius 2 is 1.75 bits per heavy atom. The van der Waals surface area contributed by atoms with E-state index in [1.54, 1.807) is 0 Å². The van der Waals surface area contributed by atoms with Gasteiger partial charge in [0.1, 0.15) is 0 Å². The van der Waals surface area contributed by atoms with E-state index >= 15 is 0 Å². The minimum atomic E-state index is -3.87. The maximum absolute atomic E-state index is 10.7. The highest BCUT2D eigenvalue weighted by Gasteiger charge is 2.28. The van der Waals surface area contributed by atoms with Crippen molar-refractivity contribution in [1.82, 2.24) is 0 Å². The second-order valence-electron chi connectivity index (χ2n) is 3.12. The molecule has 0 aromatic heterocycles. The fourth-order valence-corrected chi connectivity index (χ4v) is 2.36. The third-order valence-corrected chi connectivity index (χ3v) is 3.59. The number of hydrogen-bond donors (Lipinski definition) is 1. The first-order valence-electron chi connectivity index (χ1n) is 3.90. The van der Waals surface area contributed by atoms with Crippen molar-refractivity contribution in [2.75, 3.05) is 0 Å². The minimum Gasteiger partial charge on any atom is -0.285 e. The van der Waals surface area contributed by atoms with Crippen molar-refractivity contribution < 1.29 is 13.0 Å². The Labute approximate surface area is 71.9 Å². The summed E-state index contributed by atoms with van der Waals surface area (Å²) in [4.78, 5) is 0. The molecule has 0 heterocycles. The average molecular weight is 189 g/mol. The zero-order valence-corrected chi connectivity index (χ0v) is 7.42. The molecule has 0 saturated heterocycles. The zero-order valence-electron chi connectivity index (χ0n) is 6.60. The highest BCUT2D eigenvalue weighted by molar-refractivity contribution is 7.86. The zero-order chi connectivity index (χ0) is 9.19. The van der Waals surface area contributed by atoms with Crippen LogP contribution < -0.4 is 0 Å². The smallest absolute Gasteiger partial charge is 0.267 e. The molecule has 1 saturated carbocycles. The molecule has 5 heteroatoms. The lowest BCUT2D eigenvalue weighted by Crippen LogP contribution is -2.26. The van der Waals surface area contributed by atoms with Gasteiger partial charge in [0, 0.05) is 5.92 Å². The molecule has 1 rings (SSSR count). The number of hydrogen-bond acceptors (Lipinski definition) is 3. The molecular weight excluding hydrogens is 178 g/mol. The molecule has 68 valence electrons. The first kappa shape index (κ1) is 9.49. The molecule has 1 fully saturated rings. The first-order valence-corrected chi connectivity index (χ1v) is 5.40. The lowest BCUT2D eigenvalue weighted by atomic mass is 9.90. The van der Waals surface area contributed by atoms with Gasteiger partial charge >= 0.3 is 0 Å². The molecule has 0 aromatic carbocycles. The van der Waals surface area contributed by atoms with Gasteiger partial charge in [-0.1, -0.05) is 0 Å². The Morgan fingerprint density at radius 1 is 1.25 bits per heavy atom. The summed E-state index contributed by atoms with van der Waals surface area (Å²) in [5, 5.41) is 7.88. The van der Waals surface area contributed by atoms with Gasteiger partial charge in [0.25, 0.3) is 10.1 Å². The molecule has 0 atom stereocenters. The molecule has 0 spiro atoms. The van der Waals surface area contributed by atoms with Crippen LogP contribution in [0.1, 0.15) is 25.7 Å². The average Bonchev–Trinajstić information content (AvgIpc) is 2.03. The Morgan fingerprint density at radius 3 is 2.08 bits per heavy atom. The predicted molar refractivity (Wildman–Crippen MR) is 42.9 cm³/mol. The van der Waals surface area contributed by atoms with E-state index in [1.807, 2.05) is 0 Å². The van der Waals surface area contributed by atoms with E-state index in [9.17, 15) is 8.42 Å². The molecule has 0 unspecified atom stereocenters. The van der Waals surface area contributed by atoms with Gasteiger partial charge in [0.05, 0.1) is 11.3 Å². The van der Waals surface area contributed by atoms with Gasteiger partial charge in [-0.25, -0.2) is 0 Å². The Balaban J connectivity index is 2.54. The van der Waals surface area contributed by atoms with Gasteiger partial charge in [-0.2, -0.15) is 13.7 Å². The van der Waals surface area contributed by atoms with Crippen molar-refractivity contribution in [2.45, 2.75) is 30.9 Å². The van der Waals surface area contributed by atoms with E-state index in [1.165, 1.54) is 0 Å². The van der Waals surface area contributed by atoms with Crippen LogP contribution in [0.2, 0.25) is 0 Å². The van der Waals surface area contributed by atoms with Crippen molar-refractivity contribution in [2.24, 2.45) is 5.92 Å². The van der Waals surface area contributed by atoms with Crippen molar-refractivity contribution >= 4 is 10.1 Å². The third kappa shape index (κ3) is 2.19.